The smallest absolute Gasteiger partial charge is 0.339 e. The van der Waals surface area contributed by atoms with Crippen molar-refractivity contribution < 1.29 is 28.6 Å². The first kappa shape index (κ1) is 18.2. The number of carbonyl (C=O) groups is 3. The molecule has 0 fully saturated rings. The molecule has 0 aliphatic carbocycles. The Morgan fingerprint density at radius 1 is 1.25 bits per heavy atom. The summed E-state index contributed by atoms with van der Waals surface area (Å²) in [5.74, 6) is -1.47. The molecule has 0 saturated heterocycles. The van der Waals surface area contributed by atoms with Gasteiger partial charge in [0, 0.05) is 16.1 Å². The minimum Gasteiger partial charge on any atom is -0.466 e. The number of rotatable bonds is 6. The lowest BCUT2D eigenvalue weighted by atomic mass is 9.98. The Labute approximate surface area is 147 Å². The van der Waals surface area contributed by atoms with Gasteiger partial charge in [-0.05, 0) is 37.6 Å². The van der Waals surface area contributed by atoms with Crippen LogP contribution < -0.4 is 0 Å². The van der Waals surface area contributed by atoms with E-state index < -0.39 is 24.0 Å². The highest BCUT2D eigenvalue weighted by Gasteiger charge is 2.35. The predicted molar refractivity (Wildman–Crippen MR) is 89.2 cm³/mol. The van der Waals surface area contributed by atoms with Gasteiger partial charge in [0.25, 0.3) is 0 Å². The van der Waals surface area contributed by atoms with E-state index in [9.17, 15) is 14.4 Å². The molecule has 1 aliphatic heterocycles. The van der Waals surface area contributed by atoms with Crippen LogP contribution in [-0.4, -0.2) is 31.1 Å². The third-order valence-corrected chi connectivity index (χ3v) is 3.77. The summed E-state index contributed by atoms with van der Waals surface area (Å²) in [7, 11) is 0. The fourth-order valence-electron chi connectivity index (χ4n) is 2.39. The van der Waals surface area contributed by atoms with Crippen molar-refractivity contribution >= 4 is 39.9 Å². The highest BCUT2D eigenvalue weighted by Crippen LogP contribution is 2.37. The summed E-state index contributed by atoms with van der Waals surface area (Å²) >= 11 is 3.36. The van der Waals surface area contributed by atoms with Crippen molar-refractivity contribution in [3.05, 3.63) is 39.4 Å². The van der Waals surface area contributed by atoms with E-state index >= 15 is 0 Å². The predicted octanol–water partition coefficient (Wildman–Crippen LogP) is 3.19. The first-order valence-corrected chi connectivity index (χ1v) is 8.30. The minimum atomic E-state index is -0.696. The van der Waals surface area contributed by atoms with Crippen molar-refractivity contribution in [1.82, 2.24) is 0 Å². The van der Waals surface area contributed by atoms with E-state index in [1.807, 2.05) is 0 Å². The summed E-state index contributed by atoms with van der Waals surface area (Å²) in [4.78, 5) is 35.3. The number of hydrogen-bond donors (Lipinski definition) is 0. The molecule has 0 radical (unpaired) electrons. The van der Waals surface area contributed by atoms with Gasteiger partial charge in [0.2, 0.25) is 0 Å². The second-order valence-electron chi connectivity index (χ2n) is 4.95. The largest absolute Gasteiger partial charge is 0.466 e. The van der Waals surface area contributed by atoms with Gasteiger partial charge in [0.15, 0.2) is 0 Å². The molecular weight excluding hydrogens is 380 g/mol. The molecule has 0 N–H and O–H groups in total. The fourth-order valence-corrected chi connectivity index (χ4v) is 2.89. The van der Waals surface area contributed by atoms with Crippen LogP contribution in [0.15, 0.2) is 22.7 Å². The molecule has 1 aromatic rings. The van der Waals surface area contributed by atoms with Gasteiger partial charge in [-0.15, -0.1) is 0 Å². The Hall–Kier alpha value is -2.15. The molecular formula is C17H17BrO6. The van der Waals surface area contributed by atoms with E-state index in [1.165, 1.54) is 12.2 Å². The number of halogens is 1. The third-order valence-electron chi connectivity index (χ3n) is 3.31. The summed E-state index contributed by atoms with van der Waals surface area (Å²) in [5.41, 5.74) is 1.45. The molecule has 0 saturated carbocycles. The summed E-state index contributed by atoms with van der Waals surface area (Å²) in [6, 6.07) is 3.42. The van der Waals surface area contributed by atoms with E-state index in [1.54, 1.807) is 26.0 Å². The molecule has 0 amide bonds. The molecule has 0 spiro atoms. The first-order chi connectivity index (χ1) is 11.5. The van der Waals surface area contributed by atoms with Crippen molar-refractivity contribution in [2.45, 2.75) is 26.4 Å². The van der Waals surface area contributed by atoms with Crippen LogP contribution in [0.3, 0.4) is 0 Å². The molecule has 1 unspecified atom stereocenters. The lowest BCUT2D eigenvalue weighted by Gasteiger charge is -2.10. The second kappa shape index (κ2) is 8.10. The number of esters is 3. The van der Waals surface area contributed by atoms with Crippen molar-refractivity contribution in [2.24, 2.45) is 0 Å². The van der Waals surface area contributed by atoms with Crippen molar-refractivity contribution in [1.29, 1.82) is 0 Å². The number of ether oxygens (including phenoxy) is 3. The van der Waals surface area contributed by atoms with Gasteiger partial charge in [-0.2, -0.15) is 0 Å². The van der Waals surface area contributed by atoms with Gasteiger partial charge in [0.05, 0.1) is 25.2 Å². The maximum Gasteiger partial charge on any atom is 0.339 e. The summed E-state index contributed by atoms with van der Waals surface area (Å²) in [6.45, 7) is 3.95. The van der Waals surface area contributed by atoms with E-state index in [0.29, 0.717) is 21.2 Å². The van der Waals surface area contributed by atoms with Crippen LogP contribution >= 0.6 is 15.9 Å². The van der Waals surface area contributed by atoms with Crippen LogP contribution in [0.1, 0.15) is 47.9 Å². The van der Waals surface area contributed by atoms with E-state index in [4.69, 9.17) is 14.2 Å². The molecule has 0 aromatic heterocycles. The van der Waals surface area contributed by atoms with Gasteiger partial charge in [0.1, 0.15) is 6.10 Å². The molecule has 24 heavy (non-hydrogen) atoms. The monoisotopic (exact) mass is 396 g/mol. The van der Waals surface area contributed by atoms with Crippen LogP contribution in [0.25, 0.3) is 6.08 Å². The minimum absolute atomic E-state index is 0.0515. The quantitative estimate of drug-likeness (QED) is 0.417. The third kappa shape index (κ3) is 4.23. The maximum absolute atomic E-state index is 12.2. The average molecular weight is 397 g/mol. The standard InChI is InChI=1S/C17H17BrO6/c1-3-22-14(19)6-5-10-7-11(18)8-12-13(9-15(20)23-4-2)24-17(21)16(10)12/h5-8,13H,3-4,9H2,1-2H3/b6-5+. The first-order valence-electron chi connectivity index (χ1n) is 7.51. The van der Waals surface area contributed by atoms with E-state index in [-0.39, 0.29) is 19.6 Å². The SMILES string of the molecule is CCOC(=O)/C=C/c1cc(Br)cc2c1C(=O)OC2CC(=O)OCC. The zero-order valence-electron chi connectivity index (χ0n) is 13.3. The van der Waals surface area contributed by atoms with Crippen LogP contribution in [0.2, 0.25) is 0 Å². The van der Waals surface area contributed by atoms with Crippen LogP contribution in [0.4, 0.5) is 0 Å². The van der Waals surface area contributed by atoms with Gasteiger partial charge < -0.3 is 14.2 Å². The number of hydrogen-bond acceptors (Lipinski definition) is 6. The Balaban J connectivity index is 2.32. The maximum atomic E-state index is 12.2. The summed E-state index contributed by atoms with van der Waals surface area (Å²) in [6.07, 6.45) is 2.00. The zero-order chi connectivity index (χ0) is 17.7. The highest BCUT2D eigenvalue weighted by molar-refractivity contribution is 9.10. The normalized spacial score (nSPS) is 16.0. The molecule has 1 atom stereocenters. The molecule has 1 aliphatic rings. The van der Waals surface area contributed by atoms with Crippen LogP contribution in [0, 0.1) is 0 Å². The molecule has 0 bridgehead atoms. The Morgan fingerprint density at radius 3 is 2.62 bits per heavy atom. The van der Waals surface area contributed by atoms with Gasteiger partial charge in [-0.3, -0.25) is 4.79 Å². The number of carbonyl (C=O) groups excluding carboxylic acids is 3. The molecule has 128 valence electrons. The Morgan fingerprint density at radius 2 is 1.96 bits per heavy atom. The molecule has 2 rings (SSSR count). The second-order valence-corrected chi connectivity index (χ2v) is 5.86. The lowest BCUT2D eigenvalue weighted by molar-refractivity contribution is -0.145. The Kier molecular flexibility index (Phi) is 6.14. The molecule has 1 aromatic carbocycles. The fraction of sp³-hybridized carbons (Fsp3) is 0.353. The molecule has 7 heteroatoms. The lowest BCUT2D eigenvalue weighted by Crippen LogP contribution is -2.10. The average Bonchev–Trinajstić information content (AvgIpc) is 2.81. The highest BCUT2D eigenvalue weighted by atomic mass is 79.9. The number of cyclic esters (lactones) is 1. The summed E-state index contributed by atoms with van der Waals surface area (Å²) in [5, 5.41) is 0. The Bertz CT molecular complexity index is 695. The summed E-state index contributed by atoms with van der Waals surface area (Å²) < 4.78 is 15.7. The van der Waals surface area contributed by atoms with Crippen LogP contribution in [0.5, 0.6) is 0 Å². The van der Waals surface area contributed by atoms with Crippen molar-refractivity contribution in [3.8, 4) is 0 Å². The van der Waals surface area contributed by atoms with Gasteiger partial charge in [-0.25, -0.2) is 9.59 Å². The zero-order valence-corrected chi connectivity index (χ0v) is 14.9. The molecule has 6 nitrogen and oxygen atoms in total. The molecule has 1 heterocycles. The van der Waals surface area contributed by atoms with Crippen molar-refractivity contribution in [3.63, 3.8) is 0 Å². The topological polar surface area (TPSA) is 78.9 Å². The number of benzene rings is 1. The van der Waals surface area contributed by atoms with Gasteiger partial charge >= 0.3 is 17.9 Å². The van der Waals surface area contributed by atoms with E-state index in [0.717, 1.165) is 0 Å². The van der Waals surface area contributed by atoms with Gasteiger partial charge in [-0.1, -0.05) is 15.9 Å². The van der Waals surface area contributed by atoms with Crippen LogP contribution in [-0.2, 0) is 23.8 Å². The number of fused-ring (bicyclic) bond motifs is 1. The van der Waals surface area contributed by atoms with E-state index in [2.05, 4.69) is 15.9 Å². The van der Waals surface area contributed by atoms with Crippen molar-refractivity contribution in [2.75, 3.05) is 13.2 Å².